The molecule has 158 valence electrons. The lowest BCUT2D eigenvalue weighted by Crippen LogP contribution is -2.52. The second-order valence-corrected chi connectivity index (χ2v) is 7.44. The maximum atomic E-state index is 9.60. The standard InChI is InChI=1S/C23H32N2O4/c1-27-21-6-4-18(5-7-21)15-24-9-10-25(20(17-24)8-11-26)16-19-12-22(28-2)14-23(13-19)29-3/h4-7,12-14,20,26H,8-11,15-17H2,1-3H3. The Balaban J connectivity index is 1.65. The Kier molecular flexibility index (Phi) is 7.75. The Morgan fingerprint density at radius 3 is 2.07 bits per heavy atom. The van der Waals surface area contributed by atoms with Crippen LogP contribution in [-0.4, -0.2) is 68.5 Å². The number of aliphatic hydroxyl groups excluding tert-OH is 1. The van der Waals surface area contributed by atoms with E-state index in [0.29, 0.717) is 6.04 Å². The van der Waals surface area contributed by atoms with E-state index < -0.39 is 0 Å². The summed E-state index contributed by atoms with van der Waals surface area (Å²) >= 11 is 0. The van der Waals surface area contributed by atoms with Gasteiger partial charge in [0.25, 0.3) is 0 Å². The topological polar surface area (TPSA) is 54.4 Å². The summed E-state index contributed by atoms with van der Waals surface area (Å²) in [5.74, 6) is 2.48. The minimum absolute atomic E-state index is 0.193. The van der Waals surface area contributed by atoms with Crippen molar-refractivity contribution < 1.29 is 19.3 Å². The van der Waals surface area contributed by atoms with Gasteiger partial charge in [0, 0.05) is 51.4 Å². The highest BCUT2D eigenvalue weighted by atomic mass is 16.5. The molecule has 1 aliphatic rings. The van der Waals surface area contributed by atoms with Gasteiger partial charge in [-0.3, -0.25) is 9.80 Å². The van der Waals surface area contributed by atoms with Crippen LogP contribution in [0.1, 0.15) is 17.5 Å². The Bertz CT molecular complexity index is 744. The molecule has 6 heteroatoms. The first kappa shape index (κ1) is 21.4. The van der Waals surface area contributed by atoms with Crippen molar-refractivity contribution in [2.75, 3.05) is 47.6 Å². The summed E-state index contributed by atoms with van der Waals surface area (Å²) in [6.07, 6.45) is 0.764. The van der Waals surface area contributed by atoms with E-state index in [4.69, 9.17) is 14.2 Å². The third-order valence-electron chi connectivity index (χ3n) is 5.51. The SMILES string of the molecule is COc1ccc(CN2CCN(Cc3cc(OC)cc(OC)c3)C(CCO)C2)cc1. The highest BCUT2D eigenvalue weighted by Gasteiger charge is 2.27. The molecule has 2 aromatic rings. The van der Waals surface area contributed by atoms with E-state index in [1.165, 1.54) is 5.56 Å². The average Bonchev–Trinajstić information content (AvgIpc) is 2.76. The van der Waals surface area contributed by atoms with Crippen molar-refractivity contribution in [2.45, 2.75) is 25.6 Å². The smallest absolute Gasteiger partial charge is 0.122 e. The van der Waals surface area contributed by atoms with Crippen LogP contribution in [0.2, 0.25) is 0 Å². The quantitative estimate of drug-likeness (QED) is 0.699. The minimum Gasteiger partial charge on any atom is -0.497 e. The van der Waals surface area contributed by atoms with Gasteiger partial charge in [-0.05, 0) is 41.8 Å². The Hall–Kier alpha value is -2.28. The molecule has 0 aromatic heterocycles. The number of hydrogen-bond acceptors (Lipinski definition) is 6. The van der Waals surface area contributed by atoms with Crippen molar-refractivity contribution in [1.82, 2.24) is 9.80 Å². The number of piperazine rings is 1. The molecule has 1 N–H and O–H groups in total. The fourth-order valence-corrected chi connectivity index (χ4v) is 3.91. The van der Waals surface area contributed by atoms with Gasteiger partial charge in [0.15, 0.2) is 0 Å². The number of aliphatic hydroxyl groups is 1. The molecule has 1 aliphatic heterocycles. The van der Waals surface area contributed by atoms with E-state index >= 15 is 0 Å². The first-order valence-electron chi connectivity index (χ1n) is 10.1. The number of ether oxygens (including phenoxy) is 3. The van der Waals surface area contributed by atoms with Crippen molar-refractivity contribution >= 4 is 0 Å². The van der Waals surface area contributed by atoms with Crippen LogP contribution in [0, 0.1) is 0 Å². The summed E-state index contributed by atoms with van der Waals surface area (Å²) in [7, 11) is 5.03. The second kappa shape index (κ2) is 10.5. The number of methoxy groups -OCH3 is 3. The van der Waals surface area contributed by atoms with Gasteiger partial charge in [-0.1, -0.05) is 12.1 Å². The van der Waals surface area contributed by atoms with Crippen molar-refractivity contribution in [3.05, 3.63) is 53.6 Å². The van der Waals surface area contributed by atoms with Crippen LogP contribution < -0.4 is 14.2 Å². The lowest BCUT2D eigenvalue weighted by molar-refractivity contribution is 0.0499. The first-order chi connectivity index (χ1) is 14.1. The largest absolute Gasteiger partial charge is 0.497 e. The molecule has 1 saturated heterocycles. The fourth-order valence-electron chi connectivity index (χ4n) is 3.91. The molecule has 0 radical (unpaired) electrons. The number of nitrogens with zero attached hydrogens (tertiary/aromatic N) is 2. The lowest BCUT2D eigenvalue weighted by Gasteiger charge is -2.41. The number of rotatable bonds is 9. The highest BCUT2D eigenvalue weighted by molar-refractivity contribution is 5.38. The number of benzene rings is 2. The molecular weight excluding hydrogens is 368 g/mol. The average molecular weight is 401 g/mol. The van der Waals surface area contributed by atoms with Gasteiger partial charge in [0.2, 0.25) is 0 Å². The molecule has 1 heterocycles. The third kappa shape index (κ3) is 5.85. The molecule has 3 rings (SSSR count). The van der Waals surface area contributed by atoms with E-state index in [2.05, 4.69) is 34.1 Å². The van der Waals surface area contributed by atoms with Crippen LogP contribution in [0.5, 0.6) is 17.2 Å². The number of hydrogen-bond donors (Lipinski definition) is 1. The predicted molar refractivity (Wildman–Crippen MR) is 114 cm³/mol. The molecule has 0 aliphatic carbocycles. The Labute approximate surface area is 173 Å². The van der Waals surface area contributed by atoms with Gasteiger partial charge >= 0.3 is 0 Å². The molecule has 0 saturated carbocycles. The zero-order chi connectivity index (χ0) is 20.6. The summed E-state index contributed by atoms with van der Waals surface area (Å²) in [5.41, 5.74) is 2.44. The van der Waals surface area contributed by atoms with E-state index in [1.807, 2.05) is 18.2 Å². The van der Waals surface area contributed by atoms with Crippen molar-refractivity contribution in [2.24, 2.45) is 0 Å². The Morgan fingerprint density at radius 1 is 0.828 bits per heavy atom. The molecular formula is C23H32N2O4. The van der Waals surface area contributed by atoms with Crippen molar-refractivity contribution in [3.8, 4) is 17.2 Å². The van der Waals surface area contributed by atoms with Gasteiger partial charge in [0.1, 0.15) is 17.2 Å². The van der Waals surface area contributed by atoms with Gasteiger partial charge in [-0.15, -0.1) is 0 Å². The summed E-state index contributed by atoms with van der Waals surface area (Å²) in [5, 5.41) is 9.60. The molecule has 1 fully saturated rings. The van der Waals surface area contributed by atoms with E-state index in [0.717, 1.165) is 62.0 Å². The van der Waals surface area contributed by atoms with Gasteiger partial charge in [-0.25, -0.2) is 0 Å². The molecule has 1 atom stereocenters. The van der Waals surface area contributed by atoms with Crippen LogP contribution in [0.15, 0.2) is 42.5 Å². The first-order valence-corrected chi connectivity index (χ1v) is 10.1. The molecule has 0 amide bonds. The summed E-state index contributed by atoms with van der Waals surface area (Å²) in [6.45, 7) is 4.81. The summed E-state index contributed by atoms with van der Waals surface area (Å²) < 4.78 is 16.1. The van der Waals surface area contributed by atoms with Crippen molar-refractivity contribution in [3.63, 3.8) is 0 Å². The second-order valence-electron chi connectivity index (χ2n) is 7.44. The fraction of sp³-hybridized carbons (Fsp3) is 0.478. The molecule has 29 heavy (non-hydrogen) atoms. The maximum absolute atomic E-state index is 9.60. The van der Waals surface area contributed by atoms with Gasteiger partial charge in [0.05, 0.1) is 21.3 Å². The van der Waals surface area contributed by atoms with Crippen LogP contribution in [-0.2, 0) is 13.1 Å². The van der Waals surface area contributed by atoms with Crippen LogP contribution in [0.3, 0.4) is 0 Å². The van der Waals surface area contributed by atoms with E-state index in [9.17, 15) is 5.11 Å². The summed E-state index contributed by atoms with van der Waals surface area (Å²) in [4.78, 5) is 4.92. The third-order valence-corrected chi connectivity index (χ3v) is 5.51. The molecule has 1 unspecified atom stereocenters. The highest BCUT2D eigenvalue weighted by Crippen LogP contribution is 2.25. The van der Waals surface area contributed by atoms with Crippen molar-refractivity contribution in [1.29, 1.82) is 0 Å². The minimum atomic E-state index is 0.193. The molecule has 0 bridgehead atoms. The van der Waals surface area contributed by atoms with Crippen LogP contribution >= 0.6 is 0 Å². The van der Waals surface area contributed by atoms with Crippen LogP contribution in [0.25, 0.3) is 0 Å². The maximum Gasteiger partial charge on any atom is 0.122 e. The molecule has 2 aromatic carbocycles. The van der Waals surface area contributed by atoms with E-state index in [1.54, 1.807) is 21.3 Å². The Morgan fingerprint density at radius 2 is 1.48 bits per heavy atom. The van der Waals surface area contributed by atoms with Gasteiger partial charge in [-0.2, -0.15) is 0 Å². The zero-order valence-electron chi connectivity index (χ0n) is 17.6. The predicted octanol–water partition coefficient (Wildman–Crippen LogP) is 2.78. The molecule has 6 nitrogen and oxygen atoms in total. The summed E-state index contributed by atoms with van der Waals surface area (Å²) in [6, 6.07) is 14.6. The lowest BCUT2D eigenvalue weighted by atomic mass is 10.1. The molecule has 0 spiro atoms. The normalized spacial score (nSPS) is 17.9. The van der Waals surface area contributed by atoms with E-state index in [-0.39, 0.29) is 6.61 Å². The monoisotopic (exact) mass is 400 g/mol. The van der Waals surface area contributed by atoms with Gasteiger partial charge < -0.3 is 19.3 Å². The zero-order valence-corrected chi connectivity index (χ0v) is 17.6. The van der Waals surface area contributed by atoms with Crippen LogP contribution in [0.4, 0.5) is 0 Å².